The van der Waals surface area contributed by atoms with Gasteiger partial charge in [0.15, 0.2) is 0 Å². The molecule has 0 saturated heterocycles. The zero-order valence-electron chi connectivity index (χ0n) is 11.9. The number of primary amides is 1. The molecule has 5 N–H and O–H groups in total. The third kappa shape index (κ3) is 4.04. The van der Waals surface area contributed by atoms with Gasteiger partial charge in [0.25, 0.3) is 5.91 Å². The van der Waals surface area contributed by atoms with E-state index in [2.05, 4.69) is 26.1 Å². The van der Waals surface area contributed by atoms with Crippen molar-refractivity contribution in [3.8, 4) is 0 Å². The minimum absolute atomic E-state index is 0.347. The number of nitrogen functional groups attached to an aromatic ring is 1. The van der Waals surface area contributed by atoms with Crippen LogP contribution < -0.4 is 16.8 Å². The van der Waals surface area contributed by atoms with E-state index in [1.165, 1.54) is 17.8 Å². The van der Waals surface area contributed by atoms with Crippen molar-refractivity contribution in [1.29, 1.82) is 0 Å². The fourth-order valence-electron chi connectivity index (χ4n) is 1.96. The lowest BCUT2D eigenvalue weighted by molar-refractivity contribution is 0.100. The maximum absolute atomic E-state index is 11.3. The Balaban J connectivity index is 2.88. The van der Waals surface area contributed by atoms with Crippen molar-refractivity contribution in [3.05, 3.63) is 4.88 Å². The van der Waals surface area contributed by atoms with Crippen molar-refractivity contribution < 1.29 is 4.79 Å². The van der Waals surface area contributed by atoms with Crippen LogP contribution in [0.25, 0.3) is 0 Å². The summed E-state index contributed by atoms with van der Waals surface area (Å²) in [7, 11) is 0. The Morgan fingerprint density at radius 2 is 2.11 bits per heavy atom. The van der Waals surface area contributed by atoms with Gasteiger partial charge in [-0.1, -0.05) is 20.3 Å². The molecule has 108 valence electrons. The third-order valence-electron chi connectivity index (χ3n) is 3.16. The van der Waals surface area contributed by atoms with E-state index in [0.717, 1.165) is 16.3 Å². The Kier molecular flexibility index (Phi) is 6.00. The molecule has 1 heterocycles. The lowest BCUT2D eigenvalue weighted by Crippen LogP contribution is -2.17. The Morgan fingerprint density at radius 1 is 1.47 bits per heavy atom. The van der Waals surface area contributed by atoms with Gasteiger partial charge in [-0.3, -0.25) is 4.79 Å². The molecule has 1 rings (SSSR count). The molecule has 0 aliphatic rings. The third-order valence-corrected chi connectivity index (χ3v) is 5.27. The van der Waals surface area contributed by atoms with E-state index in [0.29, 0.717) is 22.5 Å². The summed E-state index contributed by atoms with van der Waals surface area (Å²) in [5.41, 5.74) is 11.8. The molecular formula is C13H23N3OS2. The summed E-state index contributed by atoms with van der Waals surface area (Å²) in [4.78, 5) is 12.7. The maximum atomic E-state index is 11.3. The predicted molar refractivity (Wildman–Crippen MR) is 86.2 cm³/mol. The molecule has 0 aromatic carbocycles. The van der Waals surface area contributed by atoms with Gasteiger partial charge >= 0.3 is 0 Å². The van der Waals surface area contributed by atoms with Gasteiger partial charge in [-0.05, 0) is 25.5 Å². The quantitative estimate of drug-likeness (QED) is 0.674. The van der Waals surface area contributed by atoms with Gasteiger partial charge in [-0.25, -0.2) is 0 Å². The molecule has 1 aromatic rings. The number of anilines is 2. The number of rotatable bonds is 7. The van der Waals surface area contributed by atoms with Gasteiger partial charge in [0.1, 0.15) is 9.88 Å². The highest BCUT2D eigenvalue weighted by Gasteiger charge is 2.20. The normalized spacial score (nSPS) is 14.1. The molecule has 2 atom stereocenters. The van der Waals surface area contributed by atoms with E-state index in [1.54, 1.807) is 11.8 Å². The minimum Gasteiger partial charge on any atom is -0.396 e. The summed E-state index contributed by atoms with van der Waals surface area (Å²) in [6, 6.07) is 0.347. The van der Waals surface area contributed by atoms with Crippen molar-refractivity contribution in [3.63, 3.8) is 0 Å². The van der Waals surface area contributed by atoms with Gasteiger partial charge in [0.2, 0.25) is 0 Å². The highest BCUT2D eigenvalue weighted by molar-refractivity contribution is 7.99. The number of thiophene rings is 1. The lowest BCUT2D eigenvalue weighted by Gasteiger charge is -2.18. The minimum atomic E-state index is -0.458. The zero-order chi connectivity index (χ0) is 14.6. The van der Waals surface area contributed by atoms with E-state index >= 15 is 0 Å². The molecule has 0 bridgehead atoms. The van der Waals surface area contributed by atoms with Crippen LogP contribution in [-0.2, 0) is 0 Å². The summed E-state index contributed by atoms with van der Waals surface area (Å²) >= 11 is 2.89. The monoisotopic (exact) mass is 301 g/mol. The fraction of sp³-hybridized carbons (Fsp3) is 0.615. The Bertz CT molecular complexity index is 445. The molecular weight excluding hydrogens is 278 g/mol. The Morgan fingerprint density at radius 3 is 2.58 bits per heavy atom. The molecule has 0 saturated carbocycles. The molecule has 2 unspecified atom stereocenters. The standard InChI is InChI=1S/C13H23N3OS2/c1-5-7(2)6-8(3)16-13-11(18-4)9(14)10(19-13)12(15)17/h7-8,16H,5-6,14H2,1-4H3,(H2,15,17). The van der Waals surface area contributed by atoms with Gasteiger partial charge in [0, 0.05) is 6.04 Å². The van der Waals surface area contributed by atoms with Crippen LogP contribution in [0.5, 0.6) is 0 Å². The average molecular weight is 301 g/mol. The first-order valence-electron chi connectivity index (χ1n) is 6.43. The summed E-state index contributed by atoms with van der Waals surface area (Å²) in [5.74, 6) is 0.216. The molecule has 0 fully saturated rings. The van der Waals surface area contributed by atoms with Crippen molar-refractivity contribution in [2.75, 3.05) is 17.3 Å². The highest BCUT2D eigenvalue weighted by atomic mass is 32.2. The number of thioether (sulfide) groups is 1. The second kappa shape index (κ2) is 7.05. The molecule has 0 aliphatic heterocycles. The first-order chi connectivity index (χ1) is 8.90. The van der Waals surface area contributed by atoms with E-state index in [-0.39, 0.29) is 0 Å². The summed E-state index contributed by atoms with van der Waals surface area (Å²) in [5, 5.41) is 4.41. The molecule has 1 amide bonds. The van der Waals surface area contributed by atoms with E-state index < -0.39 is 5.91 Å². The predicted octanol–water partition coefficient (Wildman–Crippen LogP) is 3.39. The van der Waals surface area contributed by atoms with Crippen molar-refractivity contribution >= 4 is 39.7 Å². The SMILES string of the molecule is CCC(C)CC(C)Nc1sc(C(N)=O)c(N)c1SC. The van der Waals surface area contributed by atoms with Crippen LogP contribution in [0.15, 0.2) is 4.90 Å². The largest absolute Gasteiger partial charge is 0.396 e. The van der Waals surface area contributed by atoms with Gasteiger partial charge in [0.05, 0.1) is 10.6 Å². The van der Waals surface area contributed by atoms with Crippen LogP contribution in [0.2, 0.25) is 0 Å². The van der Waals surface area contributed by atoms with Crippen molar-refractivity contribution in [2.45, 2.75) is 44.6 Å². The molecule has 0 spiro atoms. The van der Waals surface area contributed by atoms with Crippen molar-refractivity contribution in [2.24, 2.45) is 11.7 Å². The first kappa shape index (κ1) is 16.2. The number of nitrogens with two attached hydrogens (primary N) is 2. The van der Waals surface area contributed by atoms with Crippen molar-refractivity contribution in [1.82, 2.24) is 0 Å². The number of carbonyl (C=O) groups is 1. The van der Waals surface area contributed by atoms with E-state index in [1.807, 2.05) is 6.26 Å². The topological polar surface area (TPSA) is 81.1 Å². The summed E-state index contributed by atoms with van der Waals surface area (Å²) < 4.78 is 0. The van der Waals surface area contributed by atoms with E-state index in [4.69, 9.17) is 11.5 Å². The maximum Gasteiger partial charge on any atom is 0.261 e. The van der Waals surface area contributed by atoms with E-state index in [9.17, 15) is 4.79 Å². The van der Waals surface area contributed by atoms with Crippen LogP contribution in [0.1, 0.15) is 43.3 Å². The number of nitrogens with one attached hydrogen (secondary N) is 1. The Labute approximate surface area is 123 Å². The van der Waals surface area contributed by atoms with Crippen LogP contribution in [-0.4, -0.2) is 18.2 Å². The molecule has 1 aromatic heterocycles. The number of amides is 1. The second-order valence-electron chi connectivity index (χ2n) is 4.87. The Hall–Kier alpha value is -0.880. The van der Waals surface area contributed by atoms with Gasteiger partial charge < -0.3 is 16.8 Å². The fourth-order valence-corrected chi connectivity index (χ4v) is 3.95. The summed E-state index contributed by atoms with van der Waals surface area (Å²) in [6.07, 6.45) is 4.21. The zero-order valence-corrected chi connectivity index (χ0v) is 13.6. The molecule has 4 nitrogen and oxygen atoms in total. The smallest absolute Gasteiger partial charge is 0.261 e. The van der Waals surface area contributed by atoms with Crippen LogP contribution >= 0.6 is 23.1 Å². The average Bonchev–Trinajstić information content (AvgIpc) is 2.65. The number of hydrogen-bond acceptors (Lipinski definition) is 5. The van der Waals surface area contributed by atoms with Crippen LogP contribution in [0, 0.1) is 5.92 Å². The van der Waals surface area contributed by atoms with Gasteiger partial charge in [-0.2, -0.15) is 0 Å². The van der Waals surface area contributed by atoms with Gasteiger partial charge in [-0.15, -0.1) is 23.1 Å². The summed E-state index contributed by atoms with van der Waals surface area (Å²) in [6.45, 7) is 6.58. The molecule has 6 heteroatoms. The second-order valence-corrected chi connectivity index (χ2v) is 6.70. The van der Waals surface area contributed by atoms with Crippen LogP contribution in [0.4, 0.5) is 10.7 Å². The lowest BCUT2D eigenvalue weighted by atomic mass is 10.0. The molecule has 0 aliphatic carbocycles. The molecule has 0 radical (unpaired) electrons. The van der Waals surface area contributed by atoms with Crippen LogP contribution in [0.3, 0.4) is 0 Å². The number of hydrogen-bond donors (Lipinski definition) is 3. The highest BCUT2D eigenvalue weighted by Crippen LogP contribution is 2.41. The first-order valence-corrected chi connectivity index (χ1v) is 8.47. The molecule has 19 heavy (non-hydrogen) atoms. The number of carbonyl (C=O) groups excluding carboxylic acids is 1.